The number of hydrogen-bond donors (Lipinski definition) is 0. The fourth-order valence-corrected chi connectivity index (χ4v) is 25.4. The van der Waals surface area contributed by atoms with Crippen LogP contribution in [0.25, 0.3) is 0 Å². The van der Waals surface area contributed by atoms with Gasteiger partial charge in [-0.2, -0.15) is 0 Å². The summed E-state index contributed by atoms with van der Waals surface area (Å²) in [4.78, 5) is 0. The van der Waals surface area contributed by atoms with Gasteiger partial charge in [-0.05, 0) is 282 Å². The zero-order valence-corrected chi connectivity index (χ0v) is 33.6. The first kappa shape index (κ1) is 31.1. The molecule has 0 aromatic carbocycles. The van der Waals surface area contributed by atoms with Gasteiger partial charge in [-0.3, -0.25) is 0 Å². The molecule has 17 rings (SSSR count). The zero-order chi connectivity index (χ0) is 32.2. The van der Waals surface area contributed by atoms with Crippen molar-refractivity contribution in [3.05, 3.63) is 0 Å². The van der Waals surface area contributed by atoms with E-state index in [1.807, 2.05) is 0 Å². The van der Waals surface area contributed by atoms with E-state index in [9.17, 15) is 0 Å². The van der Waals surface area contributed by atoms with Crippen LogP contribution in [0.3, 0.4) is 0 Å². The van der Waals surface area contributed by atoms with Crippen LogP contribution in [0, 0.1) is 105 Å². The van der Waals surface area contributed by atoms with E-state index in [1.165, 1.54) is 0 Å². The van der Waals surface area contributed by atoms with Crippen molar-refractivity contribution in [2.24, 2.45) is 105 Å². The van der Waals surface area contributed by atoms with Crippen LogP contribution < -0.4 is 0 Å². The summed E-state index contributed by atoms with van der Waals surface area (Å²) in [6, 6.07) is 0. The molecule has 0 aromatic rings. The molecule has 0 nitrogen and oxygen atoms in total. The highest BCUT2D eigenvalue weighted by molar-refractivity contribution is 7.19. The lowest BCUT2D eigenvalue weighted by Crippen LogP contribution is -2.73. The molecule has 0 spiro atoms. The molecule has 2 unspecified atom stereocenters. The van der Waals surface area contributed by atoms with Gasteiger partial charge >= 0.3 is 0 Å². The highest BCUT2D eigenvalue weighted by atomic mass is 31.0. The van der Waals surface area contributed by atoms with Crippen molar-refractivity contribution in [3.63, 3.8) is 0 Å². The Bertz CT molecular complexity index is 1070. The maximum atomic E-state index is 4.19. The Kier molecular flexibility index (Phi) is 6.34. The summed E-state index contributed by atoms with van der Waals surface area (Å²) < 4.78 is 0. The van der Waals surface area contributed by atoms with Crippen molar-refractivity contribution in [3.8, 4) is 0 Å². The first-order valence-electron chi connectivity index (χ1n) is 23.2. The van der Waals surface area contributed by atoms with E-state index >= 15 is 0 Å². The van der Waals surface area contributed by atoms with Gasteiger partial charge in [0.2, 0.25) is 0 Å². The fraction of sp³-hybridized carbons (Fsp3) is 1.00. The summed E-state index contributed by atoms with van der Waals surface area (Å²) >= 11 is 0. The van der Waals surface area contributed by atoms with Crippen molar-refractivity contribution in [2.75, 3.05) is 0 Å². The minimum absolute atomic E-state index is 0.513. The van der Waals surface area contributed by atoms with E-state index < -0.39 is 0 Å². The molecule has 16 bridgehead atoms. The number of hydrogen-bond acceptors (Lipinski definition) is 0. The Morgan fingerprint density at radius 3 is 0.612 bits per heavy atom. The van der Waals surface area contributed by atoms with Gasteiger partial charge in [-0.1, -0.05) is 6.42 Å². The van der Waals surface area contributed by atoms with Crippen molar-refractivity contribution in [1.82, 2.24) is 0 Å². The molecule has 0 radical (unpaired) electrons. The maximum Gasteiger partial charge on any atom is -0.000619 e. The minimum atomic E-state index is 0.513. The molecular formula is C47H72P2. The van der Waals surface area contributed by atoms with E-state index in [0.29, 0.717) is 32.0 Å². The van der Waals surface area contributed by atoms with Crippen LogP contribution >= 0.6 is 18.5 Å². The molecule has 2 heteroatoms. The highest BCUT2D eigenvalue weighted by Crippen LogP contribution is 2.83. The Hall–Kier alpha value is 0.860. The molecule has 270 valence electrons. The molecule has 0 aliphatic heterocycles. The van der Waals surface area contributed by atoms with E-state index in [4.69, 9.17) is 0 Å². The van der Waals surface area contributed by atoms with Gasteiger partial charge in [0.1, 0.15) is 0 Å². The van der Waals surface area contributed by atoms with E-state index in [1.54, 1.807) is 173 Å². The summed E-state index contributed by atoms with van der Waals surface area (Å²) in [6.07, 6.45) is 44.3. The lowest BCUT2D eigenvalue weighted by molar-refractivity contribution is -0.199. The monoisotopic (exact) mass is 699 g/mol. The van der Waals surface area contributed by atoms with E-state index in [-0.39, 0.29) is 0 Å². The molecule has 0 N–H and O–H groups in total. The summed E-state index contributed by atoms with van der Waals surface area (Å²) in [5, 5.41) is 1.03. The van der Waals surface area contributed by atoms with Crippen LogP contribution in [-0.4, -0.2) is 10.3 Å². The smallest absolute Gasteiger partial charge is 0.000619 e. The van der Waals surface area contributed by atoms with Crippen LogP contribution in [0.2, 0.25) is 0 Å². The maximum absolute atomic E-state index is 4.19. The van der Waals surface area contributed by atoms with Gasteiger partial charge in [0, 0.05) is 0 Å². The van der Waals surface area contributed by atoms with Crippen molar-refractivity contribution < 1.29 is 0 Å². The molecule has 0 aromatic heterocycles. The molecule has 17 fully saturated rings. The average molecular weight is 699 g/mol. The van der Waals surface area contributed by atoms with Gasteiger partial charge in [-0.25, -0.2) is 0 Å². The SMILES string of the molecule is PC([C@@H]1CCC[C@@H]1C(P)(C12CC3CC(CC(C3)C1)C2)C12CC3CC(CC(C3)C1)C2)(C12CC3CC(CC(C3)C1)C2)C12CC3CC(CC(C3)C1)C2. The third-order valence-corrected chi connectivity index (χ3v) is 25.7. The van der Waals surface area contributed by atoms with Crippen LogP contribution in [-0.2, 0) is 0 Å². The summed E-state index contributed by atoms with van der Waals surface area (Å²) in [5.41, 5.74) is 2.61. The van der Waals surface area contributed by atoms with Crippen molar-refractivity contribution in [2.45, 2.75) is 184 Å². The second kappa shape index (κ2) is 9.99. The third-order valence-electron chi connectivity index (χ3n) is 22.3. The fourth-order valence-electron chi connectivity index (χ4n) is 23.2. The molecular weight excluding hydrogens is 626 g/mol. The van der Waals surface area contributed by atoms with Gasteiger partial charge in [0.25, 0.3) is 0 Å². The van der Waals surface area contributed by atoms with E-state index in [2.05, 4.69) is 18.5 Å². The topological polar surface area (TPSA) is 0 Å². The molecule has 0 saturated heterocycles. The summed E-state index contributed by atoms with van der Waals surface area (Å²) in [5.74, 6) is 15.1. The Balaban J connectivity index is 1.01. The predicted molar refractivity (Wildman–Crippen MR) is 208 cm³/mol. The Morgan fingerprint density at radius 2 is 0.449 bits per heavy atom. The predicted octanol–water partition coefficient (Wildman–Crippen LogP) is 12.5. The van der Waals surface area contributed by atoms with Gasteiger partial charge in [-0.15, -0.1) is 18.5 Å². The molecule has 17 saturated carbocycles. The second-order valence-corrected chi connectivity index (χ2v) is 26.5. The lowest BCUT2D eigenvalue weighted by Gasteiger charge is -2.77. The summed E-state index contributed by atoms with van der Waals surface area (Å²) in [6.45, 7) is 0. The van der Waals surface area contributed by atoms with Gasteiger partial charge in [0.05, 0.1) is 0 Å². The highest BCUT2D eigenvalue weighted by Gasteiger charge is 2.76. The number of rotatable bonds is 6. The normalized spacial score (nSPS) is 63.8. The first-order chi connectivity index (χ1) is 23.7. The molecule has 4 atom stereocenters. The Labute approximate surface area is 305 Å². The molecule has 17 aliphatic carbocycles. The van der Waals surface area contributed by atoms with Crippen molar-refractivity contribution >= 4 is 18.5 Å². The Morgan fingerprint density at radius 1 is 0.286 bits per heavy atom. The quantitative estimate of drug-likeness (QED) is 0.242. The first-order valence-corrected chi connectivity index (χ1v) is 24.4. The average Bonchev–Trinajstić information content (AvgIpc) is 3.52. The standard InChI is InChI=1S/C47H72P2/c48-46(42-16-28-4-29(17-42)6-30(5-28)18-42,43-19-31-7-32(20-43)9-33(8-31)21-43)40-2-1-3-41(40)47(49,44-22-34-10-35(23-44)12-36(11-34)24-44)45-25-37-13-38(26-45)15-39(14-37)27-45/h28-41H,1-27,48-49H2/t28?,29?,30?,31?,32?,33?,34?,35?,36?,37?,38?,39?,40-,41+,42?,43?,44?,45?,46?,47?. The molecule has 0 amide bonds. The molecule has 0 heterocycles. The second-order valence-electron chi connectivity index (χ2n) is 24.7. The van der Waals surface area contributed by atoms with Crippen LogP contribution in [0.15, 0.2) is 0 Å². The van der Waals surface area contributed by atoms with Crippen molar-refractivity contribution in [1.29, 1.82) is 0 Å². The minimum Gasteiger partial charge on any atom is -0.130 e. The van der Waals surface area contributed by atoms with E-state index in [0.717, 1.165) is 82.9 Å². The van der Waals surface area contributed by atoms with Crippen LogP contribution in [0.4, 0.5) is 0 Å². The van der Waals surface area contributed by atoms with Gasteiger partial charge < -0.3 is 0 Å². The lowest BCUT2D eigenvalue weighted by atomic mass is 9.33. The van der Waals surface area contributed by atoms with Crippen LogP contribution in [0.1, 0.15) is 173 Å². The largest absolute Gasteiger partial charge is 0.130 e. The third kappa shape index (κ3) is 3.85. The van der Waals surface area contributed by atoms with Gasteiger partial charge in [0.15, 0.2) is 0 Å². The summed E-state index contributed by atoms with van der Waals surface area (Å²) in [7, 11) is 8.38. The van der Waals surface area contributed by atoms with Crippen LogP contribution in [0.5, 0.6) is 0 Å². The zero-order valence-electron chi connectivity index (χ0n) is 31.3. The molecule has 49 heavy (non-hydrogen) atoms. The molecule has 17 aliphatic rings.